The molecular weight excluding hydrogens is 440 g/mol. The zero-order valence-corrected chi connectivity index (χ0v) is 18.3. The number of nitrogens with one attached hydrogen (secondary N) is 1. The number of phenols is 1. The standard InChI is InChI=1S/C27H18N6O2/c1-28-23-17-29-33(20-13-6-3-7-14-20)26(23)32-31-22-16-18-10-8-9-15-21(18)24(25(22)34)27(35)30-19-11-4-2-5-12-19/h2-17,34H,(H,30,35)/b32-31+. The number of phenolic OH excluding ortho intramolecular Hbond substituents is 1. The molecule has 0 spiro atoms. The molecule has 0 aliphatic heterocycles. The van der Waals surface area contributed by atoms with Gasteiger partial charge in [0.2, 0.25) is 0 Å². The Morgan fingerprint density at radius 3 is 2.37 bits per heavy atom. The van der Waals surface area contributed by atoms with Crippen LogP contribution in [-0.4, -0.2) is 20.8 Å². The summed E-state index contributed by atoms with van der Waals surface area (Å²) >= 11 is 0. The summed E-state index contributed by atoms with van der Waals surface area (Å²) < 4.78 is 1.50. The number of benzene rings is 4. The van der Waals surface area contributed by atoms with E-state index in [-0.39, 0.29) is 28.5 Å². The van der Waals surface area contributed by atoms with Crippen LogP contribution in [0.3, 0.4) is 0 Å². The molecule has 1 heterocycles. The molecule has 4 aromatic carbocycles. The van der Waals surface area contributed by atoms with E-state index in [2.05, 4.69) is 25.5 Å². The van der Waals surface area contributed by atoms with Crippen LogP contribution in [0.2, 0.25) is 0 Å². The largest absolute Gasteiger partial charge is 0.505 e. The third kappa shape index (κ3) is 4.21. The first kappa shape index (κ1) is 21.6. The molecule has 8 nitrogen and oxygen atoms in total. The molecule has 0 unspecified atom stereocenters. The maximum atomic E-state index is 13.2. The van der Waals surface area contributed by atoms with Crippen LogP contribution >= 0.6 is 0 Å². The third-order valence-corrected chi connectivity index (χ3v) is 5.36. The lowest BCUT2D eigenvalue weighted by molar-refractivity contribution is 0.102. The van der Waals surface area contributed by atoms with E-state index in [1.165, 1.54) is 10.9 Å². The molecule has 0 saturated heterocycles. The van der Waals surface area contributed by atoms with Crippen molar-refractivity contribution in [2.45, 2.75) is 0 Å². The number of anilines is 1. The van der Waals surface area contributed by atoms with Gasteiger partial charge in [-0.2, -0.15) is 5.10 Å². The molecule has 35 heavy (non-hydrogen) atoms. The summed E-state index contributed by atoms with van der Waals surface area (Å²) in [6.45, 7) is 7.46. The van der Waals surface area contributed by atoms with E-state index in [1.807, 2.05) is 60.7 Å². The second-order valence-electron chi connectivity index (χ2n) is 7.57. The molecule has 5 aromatic rings. The van der Waals surface area contributed by atoms with Crippen molar-refractivity contribution in [3.63, 3.8) is 0 Å². The number of amides is 1. The smallest absolute Gasteiger partial charge is 0.260 e. The predicted octanol–water partition coefficient (Wildman–Crippen LogP) is 6.95. The van der Waals surface area contributed by atoms with Crippen molar-refractivity contribution in [3.05, 3.63) is 114 Å². The zero-order valence-electron chi connectivity index (χ0n) is 18.3. The van der Waals surface area contributed by atoms with E-state index >= 15 is 0 Å². The highest BCUT2D eigenvalue weighted by Gasteiger charge is 2.20. The second kappa shape index (κ2) is 9.29. The van der Waals surface area contributed by atoms with Crippen LogP contribution in [0, 0.1) is 6.57 Å². The van der Waals surface area contributed by atoms with Gasteiger partial charge in [-0.25, -0.2) is 9.53 Å². The molecule has 1 amide bonds. The molecule has 0 aliphatic carbocycles. The Morgan fingerprint density at radius 2 is 1.63 bits per heavy atom. The van der Waals surface area contributed by atoms with Gasteiger partial charge in [0.25, 0.3) is 11.6 Å². The number of fused-ring (bicyclic) bond motifs is 1. The third-order valence-electron chi connectivity index (χ3n) is 5.36. The van der Waals surface area contributed by atoms with Crippen molar-refractivity contribution in [3.8, 4) is 11.4 Å². The maximum absolute atomic E-state index is 13.2. The molecule has 0 aliphatic rings. The Balaban J connectivity index is 1.60. The van der Waals surface area contributed by atoms with Crippen LogP contribution in [0.1, 0.15) is 10.4 Å². The zero-order chi connectivity index (χ0) is 24.2. The van der Waals surface area contributed by atoms with Gasteiger partial charge in [-0.15, -0.1) is 10.2 Å². The monoisotopic (exact) mass is 458 g/mol. The fourth-order valence-electron chi connectivity index (χ4n) is 3.71. The normalized spacial score (nSPS) is 10.9. The average molecular weight is 458 g/mol. The molecule has 0 fully saturated rings. The number of carbonyl (C=O) groups is 1. The lowest BCUT2D eigenvalue weighted by Gasteiger charge is -2.12. The highest BCUT2D eigenvalue weighted by Crippen LogP contribution is 2.39. The SMILES string of the molecule is [C-]#[N+]c1cnn(-c2ccccc2)c1/N=N/c1cc2ccccc2c(C(=O)Nc2ccccc2)c1O. The van der Waals surface area contributed by atoms with E-state index < -0.39 is 5.91 Å². The topological polar surface area (TPSA) is 96.2 Å². The Kier molecular flexibility index (Phi) is 5.72. The summed E-state index contributed by atoms with van der Waals surface area (Å²) in [4.78, 5) is 16.7. The molecule has 0 saturated carbocycles. The van der Waals surface area contributed by atoms with Crippen molar-refractivity contribution in [1.82, 2.24) is 9.78 Å². The van der Waals surface area contributed by atoms with Gasteiger partial charge in [0.05, 0.1) is 24.0 Å². The quantitative estimate of drug-likeness (QED) is 0.220. The Labute approximate surface area is 200 Å². The van der Waals surface area contributed by atoms with Gasteiger partial charge >= 0.3 is 0 Å². The number of hydrogen-bond donors (Lipinski definition) is 2. The van der Waals surface area contributed by atoms with Gasteiger partial charge in [0, 0.05) is 5.69 Å². The number of hydrogen-bond acceptors (Lipinski definition) is 5. The number of azo groups is 1. The summed E-state index contributed by atoms with van der Waals surface area (Å²) in [5.41, 5.74) is 1.70. The minimum Gasteiger partial charge on any atom is -0.505 e. The Hall–Kier alpha value is -5.29. The Morgan fingerprint density at radius 1 is 0.943 bits per heavy atom. The van der Waals surface area contributed by atoms with E-state index in [0.29, 0.717) is 22.1 Å². The predicted molar refractivity (Wildman–Crippen MR) is 134 cm³/mol. The van der Waals surface area contributed by atoms with Crippen LogP contribution in [0.4, 0.5) is 22.9 Å². The molecular formula is C27H18N6O2. The van der Waals surface area contributed by atoms with Gasteiger partial charge in [0.15, 0.2) is 11.6 Å². The van der Waals surface area contributed by atoms with E-state index in [1.54, 1.807) is 30.3 Å². The number of carbonyl (C=O) groups excluding carboxylic acids is 1. The molecule has 2 N–H and O–H groups in total. The summed E-state index contributed by atoms with van der Waals surface area (Å²) in [5, 5.41) is 27.9. The molecule has 168 valence electrons. The minimum absolute atomic E-state index is 0.0860. The van der Waals surface area contributed by atoms with Crippen LogP contribution in [0.5, 0.6) is 5.75 Å². The van der Waals surface area contributed by atoms with Crippen LogP contribution in [-0.2, 0) is 0 Å². The van der Waals surface area contributed by atoms with Gasteiger partial charge in [-0.05, 0) is 41.1 Å². The summed E-state index contributed by atoms with van der Waals surface area (Å²) in [5.74, 6) is -0.566. The Bertz CT molecular complexity index is 1600. The maximum Gasteiger partial charge on any atom is 0.260 e. The van der Waals surface area contributed by atoms with Crippen LogP contribution < -0.4 is 5.32 Å². The van der Waals surface area contributed by atoms with Crippen molar-refractivity contribution in [2.24, 2.45) is 10.2 Å². The first-order chi connectivity index (χ1) is 17.2. The molecule has 5 rings (SSSR count). The fourth-order valence-corrected chi connectivity index (χ4v) is 3.71. The fraction of sp³-hybridized carbons (Fsp3) is 0. The van der Waals surface area contributed by atoms with E-state index in [9.17, 15) is 9.90 Å². The van der Waals surface area contributed by atoms with Crippen LogP contribution in [0.15, 0.2) is 107 Å². The summed E-state index contributed by atoms with van der Waals surface area (Å²) in [7, 11) is 0. The minimum atomic E-state index is -0.474. The molecule has 8 heteroatoms. The molecule has 0 radical (unpaired) electrons. The average Bonchev–Trinajstić information content (AvgIpc) is 3.31. The summed E-state index contributed by atoms with van der Waals surface area (Å²) in [6.07, 6.45) is 1.41. The molecule has 1 aromatic heterocycles. The van der Waals surface area contributed by atoms with Gasteiger partial charge in [-0.1, -0.05) is 60.7 Å². The van der Waals surface area contributed by atoms with Crippen LogP contribution in [0.25, 0.3) is 21.3 Å². The van der Waals surface area contributed by atoms with Gasteiger partial charge in [-0.3, -0.25) is 4.79 Å². The first-order valence-electron chi connectivity index (χ1n) is 10.7. The lowest BCUT2D eigenvalue weighted by atomic mass is 10.0. The van der Waals surface area contributed by atoms with Gasteiger partial charge in [0.1, 0.15) is 5.69 Å². The van der Waals surface area contributed by atoms with Crippen molar-refractivity contribution in [1.29, 1.82) is 0 Å². The highest BCUT2D eigenvalue weighted by molar-refractivity contribution is 6.16. The number of nitrogens with zero attached hydrogens (tertiary/aromatic N) is 5. The van der Waals surface area contributed by atoms with Crippen molar-refractivity contribution in [2.75, 3.05) is 5.32 Å². The molecule has 0 atom stereocenters. The second-order valence-corrected chi connectivity index (χ2v) is 7.57. The van der Waals surface area contributed by atoms with Crippen molar-refractivity contribution >= 4 is 39.6 Å². The number of rotatable bonds is 5. The number of aromatic nitrogens is 2. The van der Waals surface area contributed by atoms with Gasteiger partial charge < -0.3 is 10.4 Å². The number of para-hydroxylation sites is 2. The van der Waals surface area contributed by atoms with E-state index in [0.717, 1.165) is 0 Å². The van der Waals surface area contributed by atoms with Crippen molar-refractivity contribution < 1.29 is 9.90 Å². The molecule has 0 bridgehead atoms. The first-order valence-corrected chi connectivity index (χ1v) is 10.7. The summed E-state index contributed by atoms with van der Waals surface area (Å²) in [6, 6.07) is 27.1. The van der Waals surface area contributed by atoms with E-state index in [4.69, 9.17) is 6.57 Å². The lowest BCUT2D eigenvalue weighted by Crippen LogP contribution is -2.12. The number of aromatic hydroxyl groups is 1. The highest BCUT2D eigenvalue weighted by atomic mass is 16.3.